The van der Waals surface area contributed by atoms with Gasteiger partial charge in [-0.2, -0.15) is 0 Å². The molecular weight excluding hydrogens is 443 g/mol. The third-order valence-corrected chi connectivity index (χ3v) is 6.60. The van der Waals surface area contributed by atoms with Gasteiger partial charge in [0.25, 0.3) is 0 Å². The lowest BCUT2D eigenvalue weighted by Crippen LogP contribution is -2.44. The molecule has 4 rings (SSSR count). The first-order valence-corrected chi connectivity index (χ1v) is 12.3. The van der Waals surface area contributed by atoms with Crippen LogP contribution < -0.4 is 4.72 Å². The lowest BCUT2D eigenvalue weighted by molar-refractivity contribution is -0.135. The standard InChI is InChI=1S/C24H25FN4O3S/c1-29(2)23(30)24(13-21(28-33(3,31)32)19-9-4-5-10-20(19)24)12-16-7-6-8-17(11-16)22-26-14-18(25)15-27-22/h4-11,14-15,21,28H,12-13H2,1-3H3/t21-,24-/m1/s1. The number of fused-ring (bicyclic) bond motifs is 1. The number of amides is 1. The fourth-order valence-electron chi connectivity index (χ4n) is 4.67. The summed E-state index contributed by atoms with van der Waals surface area (Å²) < 4.78 is 40.0. The Kier molecular flexibility index (Phi) is 6.02. The number of likely N-dealkylation sites (N-methyl/N-ethyl adjacent to an activating group) is 1. The molecule has 9 heteroatoms. The van der Waals surface area contributed by atoms with E-state index in [4.69, 9.17) is 0 Å². The second-order valence-electron chi connectivity index (χ2n) is 8.62. The first kappa shape index (κ1) is 23.0. The van der Waals surface area contributed by atoms with Crippen molar-refractivity contribution in [3.8, 4) is 11.4 Å². The molecule has 1 amide bonds. The minimum Gasteiger partial charge on any atom is -0.348 e. The summed E-state index contributed by atoms with van der Waals surface area (Å²) in [6.07, 6.45) is 4.00. The normalized spacial score (nSPS) is 19.8. The highest BCUT2D eigenvalue weighted by atomic mass is 32.2. The zero-order valence-corrected chi connectivity index (χ0v) is 19.4. The molecule has 0 fully saturated rings. The molecule has 1 heterocycles. The predicted octanol–water partition coefficient (Wildman–Crippen LogP) is 2.85. The van der Waals surface area contributed by atoms with Crippen LogP contribution in [-0.4, -0.2) is 49.5 Å². The van der Waals surface area contributed by atoms with Crippen molar-refractivity contribution in [2.24, 2.45) is 0 Å². The zero-order chi connectivity index (χ0) is 23.8. The summed E-state index contributed by atoms with van der Waals surface area (Å²) in [4.78, 5) is 23.3. The number of benzene rings is 2. The maximum atomic E-state index is 13.6. The molecule has 33 heavy (non-hydrogen) atoms. The summed E-state index contributed by atoms with van der Waals surface area (Å²) in [5.74, 6) is -0.233. The molecule has 0 radical (unpaired) electrons. The van der Waals surface area contributed by atoms with Crippen LogP contribution >= 0.6 is 0 Å². The smallest absolute Gasteiger partial charge is 0.233 e. The van der Waals surface area contributed by atoms with Gasteiger partial charge >= 0.3 is 0 Å². The highest BCUT2D eigenvalue weighted by Crippen LogP contribution is 2.48. The Balaban J connectivity index is 1.79. The van der Waals surface area contributed by atoms with E-state index in [1.165, 1.54) is 0 Å². The lowest BCUT2D eigenvalue weighted by atomic mass is 9.75. The van der Waals surface area contributed by atoms with E-state index in [9.17, 15) is 17.6 Å². The number of hydrogen-bond donors (Lipinski definition) is 1. The Labute approximate surface area is 192 Å². The fourth-order valence-corrected chi connectivity index (χ4v) is 5.40. The summed E-state index contributed by atoms with van der Waals surface area (Å²) in [7, 11) is -0.0852. The number of carbonyl (C=O) groups excluding carboxylic acids is 1. The first-order valence-electron chi connectivity index (χ1n) is 10.4. The Bertz CT molecular complexity index is 1300. The van der Waals surface area contributed by atoms with Gasteiger partial charge in [-0.1, -0.05) is 42.5 Å². The molecule has 0 spiro atoms. The molecule has 172 valence electrons. The van der Waals surface area contributed by atoms with Crippen molar-refractivity contribution in [2.45, 2.75) is 24.3 Å². The van der Waals surface area contributed by atoms with Crippen molar-refractivity contribution in [1.82, 2.24) is 19.6 Å². The number of carbonyl (C=O) groups is 1. The molecule has 0 aliphatic heterocycles. The Morgan fingerprint density at radius 1 is 1.15 bits per heavy atom. The SMILES string of the molecule is CN(C)C(=O)[C@]1(Cc2cccc(-c3ncc(F)cn3)c2)C[C@@H](NS(C)(=O)=O)c2ccccc21. The number of aromatic nitrogens is 2. The quantitative estimate of drug-likeness (QED) is 0.601. The Morgan fingerprint density at radius 2 is 1.85 bits per heavy atom. The largest absolute Gasteiger partial charge is 0.348 e. The van der Waals surface area contributed by atoms with E-state index in [1.54, 1.807) is 19.0 Å². The minimum absolute atomic E-state index is 0.101. The highest BCUT2D eigenvalue weighted by Gasteiger charge is 2.50. The maximum absolute atomic E-state index is 13.6. The molecule has 2 atom stereocenters. The molecule has 1 aromatic heterocycles. The van der Waals surface area contributed by atoms with Gasteiger partial charge in [0.15, 0.2) is 11.6 Å². The van der Waals surface area contributed by atoms with E-state index >= 15 is 0 Å². The lowest BCUT2D eigenvalue weighted by Gasteiger charge is -2.32. The second kappa shape index (κ2) is 8.64. The van der Waals surface area contributed by atoms with Crippen LogP contribution in [0.3, 0.4) is 0 Å². The molecule has 2 aromatic carbocycles. The Hall–Kier alpha value is -3.17. The molecule has 1 aliphatic carbocycles. The van der Waals surface area contributed by atoms with Gasteiger partial charge in [0.1, 0.15) is 0 Å². The van der Waals surface area contributed by atoms with Gasteiger partial charge in [-0.15, -0.1) is 0 Å². The summed E-state index contributed by atoms with van der Waals surface area (Å²) in [6.45, 7) is 0. The summed E-state index contributed by atoms with van der Waals surface area (Å²) in [5, 5.41) is 0. The van der Waals surface area contributed by atoms with Gasteiger partial charge in [-0.3, -0.25) is 4.79 Å². The van der Waals surface area contributed by atoms with Gasteiger partial charge in [0.2, 0.25) is 15.9 Å². The molecule has 0 unspecified atom stereocenters. The number of sulfonamides is 1. The van der Waals surface area contributed by atoms with Crippen LogP contribution in [0.15, 0.2) is 60.9 Å². The minimum atomic E-state index is -3.49. The zero-order valence-electron chi connectivity index (χ0n) is 18.6. The molecule has 0 bridgehead atoms. The van der Waals surface area contributed by atoms with Crippen LogP contribution in [0.4, 0.5) is 4.39 Å². The van der Waals surface area contributed by atoms with E-state index in [0.29, 0.717) is 24.2 Å². The molecular formula is C24H25FN4O3S. The molecule has 7 nitrogen and oxygen atoms in total. The molecule has 0 saturated heterocycles. The Morgan fingerprint density at radius 3 is 2.52 bits per heavy atom. The first-order chi connectivity index (χ1) is 15.6. The summed E-state index contributed by atoms with van der Waals surface area (Å²) in [5.41, 5.74) is 2.23. The van der Waals surface area contributed by atoms with Gasteiger partial charge in [0, 0.05) is 25.7 Å². The van der Waals surface area contributed by atoms with Crippen molar-refractivity contribution in [1.29, 1.82) is 0 Å². The second-order valence-corrected chi connectivity index (χ2v) is 10.4. The fraction of sp³-hybridized carbons (Fsp3) is 0.292. The van der Waals surface area contributed by atoms with E-state index < -0.39 is 27.3 Å². The van der Waals surface area contributed by atoms with Crippen molar-refractivity contribution in [2.75, 3.05) is 20.4 Å². The van der Waals surface area contributed by atoms with Crippen molar-refractivity contribution in [3.05, 3.63) is 83.4 Å². The van der Waals surface area contributed by atoms with Crippen LogP contribution in [0.5, 0.6) is 0 Å². The van der Waals surface area contributed by atoms with Crippen molar-refractivity contribution >= 4 is 15.9 Å². The van der Waals surface area contributed by atoms with Crippen LogP contribution in [0, 0.1) is 5.82 Å². The average Bonchev–Trinajstić information content (AvgIpc) is 3.06. The van der Waals surface area contributed by atoms with E-state index in [2.05, 4.69) is 14.7 Å². The van der Waals surface area contributed by atoms with Gasteiger partial charge in [0.05, 0.1) is 24.1 Å². The predicted molar refractivity (Wildman–Crippen MR) is 123 cm³/mol. The molecule has 1 N–H and O–H groups in total. The average molecular weight is 469 g/mol. The van der Waals surface area contributed by atoms with Crippen LogP contribution in [-0.2, 0) is 26.7 Å². The van der Waals surface area contributed by atoms with E-state index in [-0.39, 0.29) is 5.91 Å². The summed E-state index contributed by atoms with van der Waals surface area (Å²) >= 11 is 0. The van der Waals surface area contributed by atoms with Crippen molar-refractivity contribution in [3.63, 3.8) is 0 Å². The third-order valence-electron chi connectivity index (χ3n) is 5.89. The topological polar surface area (TPSA) is 92.3 Å². The number of nitrogens with zero attached hydrogens (tertiary/aromatic N) is 3. The highest BCUT2D eigenvalue weighted by molar-refractivity contribution is 7.88. The number of halogens is 1. The molecule has 1 aliphatic rings. The van der Waals surface area contributed by atoms with Crippen LogP contribution in [0.25, 0.3) is 11.4 Å². The van der Waals surface area contributed by atoms with Crippen molar-refractivity contribution < 1.29 is 17.6 Å². The van der Waals surface area contributed by atoms with Crippen LogP contribution in [0.2, 0.25) is 0 Å². The molecule has 0 saturated carbocycles. The number of nitrogens with one attached hydrogen (secondary N) is 1. The number of hydrogen-bond acceptors (Lipinski definition) is 5. The van der Waals surface area contributed by atoms with Gasteiger partial charge in [-0.05, 0) is 35.6 Å². The van der Waals surface area contributed by atoms with Gasteiger partial charge < -0.3 is 4.90 Å². The maximum Gasteiger partial charge on any atom is 0.233 e. The summed E-state index contributed by atoms with van der Waals surface area (Å²) in [6, 6.07) is 14.4. The van der Waals surface area contributed by atoms with E-state index in [1.807, 2.05) is 48.5 Å². The van der Waals surface area contributed by atoms with Crippen LogP contribution in [0.1, 0.15) is 29.2 Å². The molecule has 3 aromatic rings. The van der Waals surface area contributed by atoms with E-state index in [0.717, 1.165) is 35.3 Å². The van der Waals surface area contributed by atoms with Gasteiger partial charge in [-0.25, -0.2) is 27.5 Å². The number of rotatable bonds is 6. The third kappa shape index (κ3) is 4.65. The monoisotopic (exact) mass is 468 g/mol.